The molecular weight excluding hydrogens is 226 g/mol. The van der Waals surface area contributed by atoms with E-state index in [9.17, 15) is 0 Å². The van der Waals surface area contributed by atoms with Crippen LogP contribution in [0.5, 0.6) is 0 Å². The molecule has 1 N–H and O–H groups in total. The summed E-state index contributed by atoms with van der Waals surface area (Å²) in [5.41, 5.74) is 2.31. The first-order valence-corrected chi connectivity index (χ1v) is 6.56. The molecule has 0 radical (unpaired) electrons. The SMILES string of the molecule is CNCc1cc(N2CCCC(C)(OC)C2)ccn1. The van der Waals surface area contributed by atoms with E-state index in [4.69, 9.17) is 4.74 Å². The van der Waals surface area contributed by atoms with Crippen molar-refractivity contribution in [2.24, 2.45) is 0 Å². The van der Waals surface area contributed by atoms with E-state index in [0.29, 0.717) is 0 Å². The molecule has 0 bridgehead atoms. The summed E-state index contributed by atoms with van der Waals surface area (Å²) in [4.78, 5) is 6.76. The summed E-state index contributed by atoms with van der Waals surface area (Å²) in [6, 6.07) is 4.25. The van der Waals surface area contributed by atoms with Crippen LogP contribution in [-0.2, 0) is 11.3 Å². The van der Waals surface area contributed by atoms with E-state index in [-0.39, 0.29) is 5.60 Å². The normalized spacial score (nSPS) is 24.3. The van der Waals surface area contributed by atoms with Crippen molar-refractivity contribution >= 4 is 5.69 Å². The van der Waals surface area contributed by atoms with E-state index in [1.165, 1.54) is 12.1 Å². The smallest absolute Gasteiger partial charge is 0.0825 e. The summed E-state index contributed by atoms with van der Waals surface area (Å²) in [7, 11) is 3.75. The van der Waals surface area contributed by atoms with Crippen molar-refractivity contribution in [2.75, 3.05) is 32.1 Å². The van der Waals surface area contributed by atoms with Crippen LogP contribution in [0.3, 0.4) is 0 Å². The van der Waals surface area contributed by atoms with E-state index in [2.05, 4.69) is 34.3 Å². The molecule has 4 heteroatoms. The first kappa shape index (κ1) is 13.3. The van der Waals surface area contributed by atoms with Crippen LogP contribution in [0.1, 0.15) is 25.5 Å². The van der Waals surface area contributed by atoms with Crippen LogP contribution < -0.4 is 10.2 Å². The molecule has 4 nitrogen and oxygen atoms in total. The number of hydrogen-bond donors (Lipinski definition) is 1. The quantitative estimate of drug-likeness (QED) is 0.883. The van der Waals surface area contributed by atoms with Gasteiger partial charge in [-0.1, -0.05) is 0 Å². The van der Waals surface area contributed by atoms with Crippen molar-refractivity contribution in [3.63, 3.8) is 0 Å². The summed E-state index contributed by atoms with van der Waals surface area (Å²) in [5.74, 6) is 0. The van der Waals surface area contributed by atoms with E-state index in [1.807, 2.05) is 20.4 Å². The lowest BCUT2D eigenvalue weighted by Crippen LogP contribution is -2.47. The van der Waals surface area contributed by atoms with Gasteiger partial charge in [0.2, 0.25) is 0 Å². The summed E-state index contributed by atoms with van der Waals surface area (Å²) in [6.45, 7) is 5.05. The molecule has 0 saturated carbocycles. The maximum Gasteiger partial charge on any atom is 0.0825 e. The Morgan fingerprint density at radius 1 is 1.56 bits per heavy atom. The number of methoxy groups -OCH3 is 1. The summed E-state index contributed by atoms with van der Waals surface area (Å²) >= 11 is 0. The van der Waals surface area contributed by atoms with Gasteiger partial charge in [0.1, 0.15) is 0 Å². The molecule has 0 spiro atoms. The van der Waals surface area contributed by atoms with Gasteiger partial charge in [-0.15, -0.1) is 0 Å². The molecule has 18 heavy (non-hydrogen) atoms. The number of piperidine rings is 1. The van der Waals surface area contributed by atoms with Gasteiger partial charge in [0.15, 0.2) is 0 Å². The van der Waals surface area contributed by atoms with Crippen molar-refractivity contribution in [1.82, 2.24) is 10.3 Å². The molecule has 1 atom stereocenters. The molecule has 1 fully saturated rings. The Kier molecular flexibility index (Phi) is 4.19. The minimum Gasteiger partial charge on any atom is -0.377 e. The average Bonchev–Trinajstić information content (AvgIpc) is 2.40. The lowest BCUT2D eigenvalue weighted by molar-refractivity contribution is -0.00466. The van der Waals surface area contributed by atoms with E-state index in [0.717, 1.165) is 31.7 Å². The molecule has 1 aromatic rings. The zero-order valence-electron chi connectivity index (χ0n) is 11.6. The van der Waals surface area contributed by atoms with Crippen LogP contribution in [0.4, 0.5) is 5.69 Å². The van der Waals surface area contributed by atoms with Gasteiger partial charge < -0.3 is 15.0 Å². The van der Waals surface area contributed by atoms with Crippen LogP contribution in [0, 0.1) is 0 Å². The lowest BCUT2D eigenvalue weighted by Gasteiger charge is -2.40. The van der Waals surface area contributed by atoms with Crippen molar-refractivity contribution in [1.29, 1.82) is 0 Å². The van der Waals surface area contributed by atoms with Crippen LogP contribution in [0.15, 0.2) is 18.3 Å². The molecule has 100 valence electrons. The fourth-order valence-corrected chi connectivity index (χ4v) is 2.53. The van der Waals surface area contributed by atoms with Crippen molar-refractivity contribution in [3.05, 3.63) is 24.0 Å². The van der Waals surface area contributed by atoms with E-state index in [1.54, 1.807) is 0 Å². The maximum absolute atomic E-state index is 5.64. The summed E-state index contributed by atoms with van der Waals surface area (Å²) in [6.07, 6.45) is 4.20. The Morgan fingerprint density at radius 3 is 3.11 bits per heavy atom. The number of nitrogens with one attached hydrogen (secondary N) is 1. The van der Waals surface area contributed by atoms with Gasteiger partial charge in [-0.2, -0.15) is 0 Å². The number of ether oxygens (including phenoxy) is 1. The third-order valence-electron chi connectivity index (χ3n) is 3.67. The molecule has 1 aromatic heterocycles. The molecular formula is C14H23N3O. The highest BCUT2D eigenvalue weighted by Gasteiger charge is 2.30. The van der Waals surface area contributed by atoms with Crippen molar-refractivity contribution < 1.29 is 4.74 Å². The second kappa shape index (κ2) is 5.67. The highest BCUT2D eigenvalue weighted by Crippen LogP contribution is 2.27. The Balaban J connectivity index is 2.13. The van der Waals surface area contributed by atoms with Gasteiger partial charge in [0, 0.05) is 38.6 Å². The molecule has 0 amide bonds. The molecule has 1 unspecified atom stereocenters. The predicted molar refractivity (Wildman–Crippen MR) is 73.9 cm³/mol. The molecule has 1 aliphatic heterocycles. The van der Waals surface area contributed by atoms with Crippen LogP contribution in [-0.4, -0.2) is 37.8 Å². The Morgan fingerprint density at radius 2 is 2.39 bits per heavy atom. The van der Waals surface area contributed by atoms with E-state index < -0.39 is 0 Å². The van der Waals surface area contributed by atoms with Gasteiger partial charge in [-0.25, -0.2) is 0 Å². The predicted octanol–water partition coefficient (Wildman–Crippen LogP) is 1.81. The first-order chi connectivity index (χ1) is 8.67. The highest BCUT2D eigenvalue weighted by atomic mass is 16.5. The van der Waals surface area contributed by atoms with Gasteiger partial charge in [0.05, 0.1) is 11.3 Å². The summed E-state index contributed by atoms with van der Waals surface area (Å²) in [5, 5.41) is 3.14. The largest absolute Gasteiger partial charge is 0.377 e. The maximum atomic E-state index is 5.64. The number of aromatic nitrogens is 1. The number of rotatable bonds is 4. The van der Waals surface area contributed by atoms with Crippen molar-refractivity contribution in [3.8, 4) is 0 Å². The number of nitrogens with zero attached hydrogens (tertiary/aromatic N) is 2. The first-order valence-electron chi connectivity index (χ1n) is 6.56. The fourth-order valence-electron chi connectivity index (χ4n) is 2.53. The van der Waals surface area contributed by atoms with E-state index >= 15 is 0 Å². The monoisotopic (exact) mass is 249 g/mol. The van der Waals surface area contributed by atoms with Crippen molar-refractivity contribution in [2.45, 2.75) is 31.9 Å². The van der Waals surface area contributed by atoms with Gasteiger partial charge in [-0.05, 0) is 38.9 Å². The lowest BCUT2D eigenvalue weighted by atomic mass is 9.94. The standard InChI is InChI=1S/C14H23N3O/c1-14(18-3)6-4-8-17(11-14)13-5-7-16-12(9-13)10-15-2/h5,7,9,15H,4,6,8,10-11H2,1-3H3. The second-order valence-electron chi connectivity index (χ2n) is 5.21. The third-order valence-corrected chi connectivity index (χ3v) is 3.67. The van der Waals surface area contributed by atoms with Crippen LogP contribution >= 0.6 is 0 Å². The van der Waals surface area contributed by atoms with Crippen LogP contribution in [0.25, 0.3) is 0 Å². The second-order valence-corrected chi connectivity index (χ2v) is 5.21. The molecule has 2 rings (SSSR count). The summed E-state index contributed by atoms with van der Waals surface area (Å²) < 4.78 is 5.64. The molecule has 0 aromatic carbocycles. The Bertz CT molecular complexity index is 396. The van der Waals surface area contributed by atoms with Gasteiger partial charge >= 0.3 is 0 Å². The number of hydrogen-bond acceptors (Lipinski definition) is 4. The third kappa shape index (κ3) is 3.00. The number of anilines is 1. The van der Waals surface area contributed by atoms with Gasteiger partial charge in [0.25, 0.3) is 0 Å². The molecule has 1 saturated heterocycles. The van der Waals surface area contributed by atoms with Gasteiger partial charge in [-0.3, -0.25) is 4.98 Å². The highest BCUT2D eigenvalue weighted by molar-refractivity contribution is 5.47. The number of pyridine rings is 1. The minimum atomic E-state index is -0.0231. The molecule has 1 aliphatic rings. The Labute approximate surface area is 109 Å². The Hall–Kier alpha value is -1.13. The average molecular weight is 249 g/mol. The van der Waals surface area contributed by atoms with Crippen LogP contribution in [0.2, 0.25) is 0 Å². The fraction of sp³-hybridized carbons (Fsp3) is 0.643. The zero-order chi connectivity index (χ0) is 13.0. The molecule has 0 aliphatic carbocycles. The zero-order valence-corrected chi connectivity index (χ0v) is 11.6. The topological polar surface area (TPSA) is 37.4 Å². The minimum absolute atomic E-state index is 0.0231. The molecule has 2 heterocycles.